The number of fused-ring (bicyclic) bond motifs is 2. The van der Waals surface area contributed by atoms with Crippen LogP contribution in [0.25, 0.3) is 20.9 Å². The average molecular weight is 335 g/mol. The van der Waals surface area contributed by atoms with Crippen molar-refractivity contribution < 1.29 is 9.47 Å². The van der Waals surface area contributed by atoms with Crippen molar-refractivity contribution in [1.29, 1.82) is 0 Å². The molecule has 0 aromatic heterocycles. The van der Waals surface area contributed by atoms with Crippen LogP contribution in [0, 0.1) is 11.8 Å². The Balaban J connectivity index is 0.000000141. The Bertz CT molecular complexity index is 472. The SMILES string of the molecule is [N-]=[N+]=N[C@H]1CCO[C@H]2CCC[C@H]12.[N-]=[N+]=N[C@H]1CCO[C@H]2CNC[C@H]12. The van der Waals surface area contributed by atoms with Gasteiger partial charge in [0.25, 0.3) is 0 Å². The molecule has 4 aliphatic rings. The van der Waals surface area contributed by atoms with Crippen molar-refractivity contribution in [2.75, 3.05) is 26.3 Å². The minimum atomic E-state index is 0.142. The van der Waals surface area contributed by atoms with Crippen molar-refractivity contribution in [3.05, 3.63) is 20.9 Å². The first-order valence-electron chi connectivity index (χ1n) is 8.86. The van der Waals surface area contributed by atoms with Gasteiger partial charge in [0.05, 0.1) is 12.2 Å². The zero-order valence-corrected chi connectivity index (χ0v) is 13.8. The van der Waals surface area contributed by atoms with Crippen molar-refractivity contribution in [3.63, 3.8) is 0 Å². The predicted molar refractivity (Wildman–Crippen MR) is 88.3 cm³/mol. The Morgan fingerprint density at radius 1 is 0.792 bits per heavy atom. The van der Waals surface area contributed by atoms with E-state index in [-0.39, 0.29) is 18.2 Å². The van der Waals surface area contributed by atoms with Crippen molar-refractivity contribution in [2.24, 2.45) is 22.1 Å². The van der Waals surface area contributed by atoms with Gasteiger partial charge in [-0.2, -0.15) is 0 Å². The second-order valence-electron chi connectivity index (χ2n) is 6.86. The highest BCUT2D eigenvalue weighted by molar-refractivity contribution is 4.93. The summed E-state index contributed by atoms with van der Waals surface area (Å²) in [6.45, 7) is 3.33. The van der Waals surface area contributed by atoms with E-state index in [2.05, 4.69) is 25.4 Å². The Kier molecular flexibility index (Phi) is 6.18. The lowest BCUT2D eigenvalue weighted by Gasteiger charge is -2.30. The summed E-state index contributed by atoms with van der Waals surface area (Å²) < 4.78 is 11.1. The van der Waals surface area contributed by atoms with Gasteiger partial charge in [-0.15, -0.1) is 0 Å². The van der Waals surface area contributed by atoms with Crippen LogP contribution >= 0.6 is 0 Å². The van der Waals surface area contributed by atoms with E-state index < -0.39 is 0 Å². The topological polar surface area (TPSA) is 128 Å². The average Bonchev–Trinajstić information content (AvgIpc) is 3.26. The van der Waals surface area contributed by atoms with E-state index in [9.17, 15) is 0 Å². The fourth-order valence-corrected chi connectivity index (χ4v) is 4.37. The molecule has 24 heavy (non-hydrogen) atoms. The number of rotatable bonds is 2. The molecule has 132 valence electrons. The predicted octanol–water partition coefficient (Wildman–Crippen LogP) is 2.93. The van der Waals surface area contributed by atoms with Gasteiger partial charge >= 0.3 is 0 Å². The monoisotopic (exact) mass is 335 g/mol. The Morgan fingerprint density at radius 3 is 2.17 bits per heavy atom. The third-order valence-electron chi connectivity index (χ3n) is 5.59. The van der Waals surface area contributed by atoms with E-state index in [1.807, 2.05) is 0 Å². The fourth-order valence-electron chi connectivity index (χ4n) is 4.37. The molecule has 9 heteroatoms. The Morgan fingerprint density at radius 2 is 1.46 bits per heavy atom. The van der Waals surface area contributed by atoms with Crippen LogP contribution in [0.5, 0.6) is 0 Å². The molecule has 0 aromatic rings. The summed E-state index contributed by atoms with van der Waals surface area (Å²) in [5.74, 6) is 0.907. The van der Waals surface area contributed by atoms with Gasteiger partial charge < -0.3 is 14.8 Å². The molecule has 6 atom stereocenters. The van der Waals surface area contributed by atoms with E-state index in [4.69, 9.17) is 20.5 Å². The lowest BCUT2D eigenvalue weighted by atomic mass is 9.92. The number of hydrogen-bond acceptors (Lipinski definition) is 5. The highest BCUT2D eigenvalue weighted by Crippen LogP contribution is 2.36. The molecule has 0 aromatic carbocycles. The molecular weight excluding hydrogens is 310 g/mol. The van der Waals surface area contributed by atoms with Crippen molar-refractivity contribution in [1.82, 2.24) is 5.32 Å². The maximum absolute atomic E-state index is 8.36. The quantitative estimate of drug-likeness (QED) is 0.473. The maximum Gasteiger partial charge on any atom is 0.0743 e. The van der Waals surface area contributed by atoms with Crippen molar-refractivity contribution in [3.8, 4) is 0 Å². The summed E-state index contributed by atoms with van der Waals surface area (Å²) in [5.41, 5.74) is 16.7. The molecule has 1 saturated carbocycles. The normalized spacial score (nSPS) is 40.2. The van der Waals surface area contributed by atoms with E-state index in [0.717, 1.165) is 45.6 Å². The summed E-state index contributed by atoms with van der Waals surface area (Å²) in [4.78, 5) is 5.75. The summed E-state index contributed by atoms with van der Waals surface area (Å²) >= 11 is 0. The van der Waals surface area contributed by atoms with Crippen LogP contribution < -0.4 is 5.32 Å². The molecule has 3 saturated heterocycles. The number of azide groups is 2. The van der Waals surface area contributed by atoms with Crippen LogP contribution in [0.2, 0.25) is 0 Å². The second kappa shape index (κ2) is 8.55. The van der Waals surface area contributed by atoms with Gasteiger partial charge in [-0.1, -0.05) is 16.6 Å². The van der Waals surface area contributed by atoms with E-state index >= 15 is 0 Å². The van der Waals surface area contributed by atoms with Crippen LogP contribution in [-0.4, -0.2) is 50.6 Å². The van der Waals surface area contributed by atoms with Gasteiger partial charge in [-0.25, -0.2) is 0 Å². The molecule has 9 nitrogen and oxygen atoms in total. The van der Waals surface area contributed by atoms with Gasteiger partial charge in [0, 0.05) is 54.1 Å². The van der Waals surface area contributed by atoms with E-state index in [1.165, 1.54) is 12.8 Å². The van der Waals surface area contributed by atoms with Gasteiger partial charge in [0.15, 0.2) is 0 Å². The highest BCUT2D eigenvalue weighted by Gasteiger charge is 2.37. The van der Waals surface area contributed by atoms with Gasteiger partial charge in [0.2, 0.25) is 0 Å². The lowest BCUT2D eigenvalue weighted by molar-refractivity contribution is -0.0191. The molecule has 3 aliphatic heterocycles. The number of hydrogen-bond donors (Lipinski definition) is 1. The zero-order valence-electron chi connectivity index (χ0n) is 13.8. The number of ether oxygens (including phenoxy) is 2. The Labute approximate surface area is 141 Å². The summed E-state index contributed by atoms with van der Waals surface area (Å²) in [6.07, 6.45) is 5.99. The van der Waals surface area contributed by atoms with Gasteiger partial charge in [-0.05, 0) is 42.7 Å². The lowest BCUT2D eigenvalue weighted by Crippen LogP contribution is -2.37. The second-order valence-corrected chi connectivity index (χ2v) is 6.86. The minimum absolute atomic E-state index is 0.142. The molecule has 4 fully saturated rings. The third kappa shape index (κ3) is 3.94. The van der Waals surface area contributed by atoms with Crippen LogP contribution in [0.3, 0.4) is 0 Å². The molecule has 0 radical (unpaired) electrons. The van der Waals surface area contributed by atoms with E-state index in [0.29, 0.717) is 17.9 Å². The molecule has 4 rings (SSSR count). The molecule has 0 unspecified atom stereocenters. The number of nitrogens with zero attached hydrogens (tertiary/aromatic N) is 6. The first-order valence-corrected chi connectivity index (χ1v) is 8.86. The summed E-state index contributed by atoms with van der Waals surface area (Å²) in [5, 5.41) is 10.9. The van der Waals surface area contributed by atoms with Gasteiger partial charge in [0.1, 0.15) is 0 Å². The molecule has 3 heterocycles. The molecule has 0 amide bonds. The van der Waals surface area contributed by atoms with Crippen LogP contribution in [-0.2, 0) is 9.47 Å². The van der Waals surface area contributed by atoms with Crippen molar-refractivity contribution in [2.45, 2.75) is 56.4 Å². The fraction of sp³-hybridized carbons (Fsp3) is 1.00. The first kappa shape index (κ1) is 17.3. The summed E-state index contributed by atoms with van der Waals surface area (Å²) in [7, 11) is 0. The van der Waals surface area contributed by atoms with Gasteiger partial charge in [-0.3, -0.25) is 0 Å². The number of nitrogens with one attached hydrogen (secondary N) is 1. The first-order chi connectivity index (χ1) is 11.8. The minimum Gasteiger partial charge on any atom is -0.378 e. The van der Waals surface area contributed by atoms with Crippen LogP contribution in [0.4, 0.5) is 0 Å². The van der Waals surface area contributed by atoms with Crippen LogP contribution in [0.1, 0.15) is 32.1 Å². The Hall–Kier alpha value is -1.50. The summed E-state index contributed by atoms with van der Waals surface area (Å²) in [6, 6.07) is 0.347. The molecule has 0 bridgehead atoms. The largest absolute Gasteiger partial charge is 0.378 e. The smallest absolute Gasteiger partial charge is 0.0743 e. The third-order valence-corrected chi connectivity index (χ3v) is 5.59. The van der Waals surface area contributed by atoms with Crippen LogP contribution in [0.15, 0.2) is 10.2 Å². The highest BCUT2D eigenvalue weighted by atomic mass is 16.5. The maximum atomic E-state index is 8.36. The molecular formula is C15H25N7O2. The van der Waals surface area contributed by atoms with Crippen molar-refractivity contribution >= 4 is 0 Å². The molecule has 1 aliphatic carbocycles. The standard InChI is InChI=1S/C8H13N3O.C7H12N4O/c9-11-10-7-4-5-12-8-3-1-2-6(7)8;8-11-10-6-1-2-12-7-4-9-3-5(6)7/h6-8H,1-5H2;5-7,9H,1-4H2/t6-,7+,8+;5-,6+,7+/m11/s1. The molecule has 0 spiro atoms. The zero-order chi connectivity index (χ0) is 16.8. The molecule has 1 N–H and O–H groups in total. The van der Waals surface area contributed by atoms with E-state index in [1.54, 1.807) is 0 Å².